The number of esters is 1. The molecule has 1 amide bonds. The third-order valence-corrected chi connectivity index (χ3v) is 21.0. The van der Waals surface area contributed by atoms with Crippen LogP contribution in [-0.2, 0) is 19.1 Å². The van der Waals surface area contributed by atoms with Crippen LogP contribution < -0.4 is 10.1 Å². The number of nitrogens with zero attached hydrogens (tertiary/aromatic N) is 1. The zero-order valence-electron chi connectivity index (χ0n) is 40.9. The second kappa shape index (κ2) is 16.7. The highest BCUT2D eigenvalue weighted by atomic mass is 35.5. The maximum Gasteiger partial charge on any atom is 0.309 e. The van der Waals surface area contributed by atoms with Gasteiger partial charge in [0.1, 0.15) is 18.5 Å². The summed E-state index contributed by atoms with van der Waals surface area (Å²) in [6, 6.07) is 5.27. The van der Waals surface area contributed by atoms with Gasteiger partial charge in [-0.25, -0.2) is 0 Å². The van der Waals surface area contributed by atoms with Gasteiger partial charge in [-0.15, -0.1) is 0 Å². The Balaban J connectivity index is 0.995. The summed E-state index contributed by atoms with van der Waals surface area (Å²) in [6.07, 6.45) is 13.2. The van der Waals surface area contributed by atoms with Crippen molar-refractivity contribution in [1.82, 2.24) is 10.2 Å². The minimum atomic E-state index is -0.832. The third kappa shape index (κ3) is 7.23. The number of allylic oxidation sites excluding steroid dienone is 2. The maximum atomic E-state index is 14.3. The molecular weight excluding hydrogens is 824 g/mol. The van der Waals surface area contributed by atoms with Crippen LogP contribution in [0.3, 0.4) is 0 Å². The second-order valence-electron chi connectivity index (χ2n) is 24.2. The molecule has 1 aliphatic heterocycles. The number of carboxylic acid groups (broad SMARTS) is 1. The molecule has 10 atom stereocenters. The molecule has 0 spiro atoms. The van der Waals surface area contributed by atoms with Crippen LogP contribution in [0.5, 0.6) is 5.75 Å². The Labute approximate surface area is 388 Å². The van der Waals surface area contributed by atoms with E-state index in [4.69, 9.17) is 21.1 Å². The predicted molar refractivity (Wildman–Crippen MR) is 251 cm³/mol. The molecule has 0 bridgehead atoms. The van der Waals surface area contributed by atoms with Crippen molar-refractivity contribution in [2.24, 2.45) is 67.5 Å². The summed E-state index contributed by atoms with van der Waals surface area (Å²) in [4.78, 5) is 56.3. The zero-order valence-corrected chi connectivity index (χ0v) is 41.6. The number of ketones is 1. The van der Waals surface area contributed by atoms with Gasteiger partial charge >= 0.3 is 11.9 Å². The molecule has 2 N–H and O–H groups in total. The molecule has 1 saturated heterocycles. The summed E-state index contributed by atoms with van der Waals surface area (Å²) in [7, 11) is 0. The van der Waals surface area contributed by atoms with Crippen molar-refractivity contribution < 1.29 is 33.8 Å². The number of carboxylic acids is 1. The van der Waals surface area contributed by atoms with Crippen molar-refractivity contribution in [3.63, 3.8) is 0 Å². The van der Waals surface area contributed by atoms with E-state index in [9.17, 15) is 24.3 Å². The fourth-order valence-corrected chi connectivity index (χ4v) is 16.6. The Morgan fingerprint density at radius 2 is 1.55 bits per heavy atom. The first kappa shape index (κ1) is 47.6. The first-order valence-electron chi connectivity index (χ1n) is 25.1. The number of benzene rings is 1. The number of piperidine rings is 1. The lowest BCUT2D eigenvalue weighted by Crippen LogP contribution is -2.70. The minimum absolute atomic E-state index is 0.00957. The highest BCUT2D eigenvalue weighted by molar-refractivity contribution is 6.30. The lowest BCUT2D eigenvalue weighted by molar-refractivity contribution is -0.278. The Morgan fingerprint density at radius 1 is 0.859 bits per heavy atom. The summed E-state index contributed by atoms with van der Waals surface area (Å²) in [5, 5.41) is 13.5. The van der Waals surface area contributed by atoms with Gasteiger partial charge in [0.05, 0.1) is 17.4 Å². The van der Waals surface area contributed by atoms with Crippen molar-refractivity contribution in [3.05, 3.63) is 39.9 Å². The van der Waals surface area contributed by atoms with Gasteiger partial charge in [0.15, 0.2) is 5.78 Å². The van der Waals surface area contributed by atoms with Gasteiger partial charge in [-0.2, -0.15) is 0 Å². The Morgan fingerprint density at radius 3 is 2.22 bits per heavy atom. The lowest BCUT2D eigenvalue weighted by atomic mass is 9.28. The number of amides is 1. The van der Waals surface area contributed by atoms with Gasteiger partial charge in [0.25, 0.3) is 5.91 Å². The fourth-order valence-electron chi connectivity index (χ4n) is 16.4. The summed E-state index contributed by atoms with van der Waals surface area (Å²) < 4.78 is 12.7. The second-order valence-corrected chi connectivity index (χ2v) is 24.7. The molecular formula is C54H79ClN2O7. The number of hydrogen-bond donors (Lipinski definition) is 2. The Bertz CT molecular complexity index is 2070. The molecule has 1 heterocycles. The maximum absolute atomic E-state index is 14.3. The van der Waals surface area contributed by atoms with E-state index in [-0.39, 0.29) is 56.4 Å². The molecule has 5 saturated carbocycles. The number of hydrogen-bond acceptors (Lipinski definition) is 7. The van der Waals surface area contributed by atoms with Crippen LogP contribution in [0.1, 0.15) is 169 Å². The molecule has 6 fully saturated rings. The van der Waals surface area contributed by atoms with E-state index in [2.05, 4.69) is 65.6 Å². The van der Waals surface area contributed by atoms with Crippen LogP contribution in [0.15, 0.2) is 29.3 Å². The van der Waals surface area contributed by atoms with Gasteiger partial charge < -0.3 is 19.9 Å². The van der Waals surface area contributed by atoms with Crippen LogP contribution in [0.25, 0.3) is 0 Å². The molecule has 10 heteroatoms. The number of halogens is 1. The monoisotopic (exact) mass is 903 g/mol. The van der Waals surface area contributed by atoms with Crippen LogP contribution in [0.2, 0.25) is 5.02 Å². The molecule has 1 aromatic rings. The summed E-state index contributed by atoms with van der Waals surface area (Å²) in [5.41, 5.74) is 1.87. The number of carbonyl (C=O) groups excluding carboxylic acids is 3. The first-order valence-corrected chi connectivity index (χ1v) is 25.5. The topological polar surface area (TPSA) is 122 Å². The van der Waals surface area contributed by atoms with Gasteiger partial charge in [0.2, 0.25) is 0 Å². The van der Waals surface area contributed by atoms with Gasteiger partial charge in [0, 0.05) is 35.4 Å². The SMILES string of the molecule is CC(C)C1=C2[C@H]3CC[C@@]4(C)[C@@](C)(CC[C@H]5C(C)(C)[C@@H](OC(=O)[C@H]6C[C@@H](C(=O)O)C6(C)C)CC[C@@]54C)[C@]3(C)CC[C@@]2(CCNC(=O)c2ccc(Cl)cc2OCCN2CCCCC2)CC1=O. The normalized spacial score (nSPS) is 38.9. The quantitative estimate of drug-likeness (QED) is 0.199. The van der Waals surface area contributed by atoms with E-state index in [0.717, 1.165) is 83.0 Å². The smallest absolute Gasteiger partial charge is 0.309 e. The molecule has 1 aromatic carbocycles. The molecule has 64 heavy (non-hydrogen) atoms. The number of fused-ring (bicyclic) bond motifs is 7. The summed E-state index contributed by atoms with van der Waals surface area (Å²) >= 11 is 6.42. The zero-order chi connectivity index (χ0) is 46.4. The number of nitrogens with one attached hydrogen (secondary N) is 1. The first-order chi connectivity index (χ1) is 30.0. The third-order valence-electron chi connectivity index (χ3n) is 20.8. The van der Waals surface area contributed by atoms with Crippen molar-refractivity contribution in [1.29, 1.82) is 0 Å². The van der Waals surface area contributed by atoms with Crippen molar-refractivity contribution >= 4 is 35.2 Å². The van der Waals surface area contributed by atoms with E-state index >= 15 is 0 Å². The molecule has 8 rings (SSSR count). The molecule has 9 nitrogen and oxygen atoms in total. The lowest BCUT2D eigenvalue weighted by Gasteiger charge is -2.76. The number of Topliss-reactive ketones (excluding diaryl/α,β-unsaturated/α-hetero) is 1. The van der Waals surface area contributed by atoms with E-state index in [0.29, 0.717) is 59.9 Å². The molecule has 0 aromatic heterocycles. The number of ether oxygens (including phenoxy) is 2. The number of rotatable bonds is 12. The van der Waals surface area contributed by atoms with Crippen LogP contribution in [-0.4, -0.2) is 72.5 Å². The van der Waals surface area contributed by atoms with Crippen molar-refractivity contribution in [3.8, 4) is 5.75 Å². The summed E-state index contributed by atoms with van der Waals surface area (Å²) in [6.45, 7) is 27.2. The van der Waals surface area contributed by atoms with E-state index in [1.165, 1.54) is 24.8 Å². The number of aliphatic carboxylic acids is 1. The molecule has 354 valence electrons. The average Bonchev–Trinajstić information content (AvgIpc) is 3.52. The van der Waals surface area contributed by atoms with Gasteiger partial charge in [-0.1, -0.05) is 92.8 Å². The van der Waals surface area contributed by atoms with E-state index in [1.54, 1.807) is 18.2 Å². The van der Waals surface area contributed by atoms with Crippen LogP contribution in [0.4, 0.5) is 0 Å². The number of likely N-dealkylation sites (tertiary alicyclic amines) is 1. The van der Waals surface area contributed by atoms with Crippen LogP contribution >= 0.6 is 11.6 Å². The Kier molecular flexibility index (Phi) is 12.4. The van der Waals surface area contributed by atoms with Crippen molar-refractivity contribution in [2.75, 3.05) is 32.8 Å². The Hall–Kier alpha value is -2.91. The van der Waals surface area contributed by atoms with Crippen LogP contribution in [0, 0.1) is 67.5 Å². The fraction of sp³-hybridized carbons (Fsp3) is 0.778. The number of carbonyl (C=O) groups is 4. The van der Waals surface area contributed by atoms with Crippen molar-refractivity contribution in [2.45, 2.75) is 165 Å². The predicted octanol–water partition coefficient (Wildman–Crippen LogP) is 11.4. The molecule has 0 unspecified atom stereocenters. The van der Waals surface area contributed by atoms with E-state index < -0.39 is 23.2 Å². The average molecular weight is 904 g/mol. The molecule has 0 radical (unpaired) electrons. The standard InChI is InChI=1S/C54H79ClN2O7/c1-33(2)43-39(58)32-54(24-25-56-45(59)35-15-14-34(55)30-40(35)63-29-28-57-26-12-11-13-27-57)23-22-50(7)36(44(43)54)16-20-53(10)51(8)19-18-42(49(5,6)41(51)17-21-52(50,53)9)64-47(62)38-31-37(46(60)61)48(38,3)4/h14-15,30,33,36-38,41-42H,11-13,16-29,31-32H2,1-10H3,(H,56,59)(H,60,61)/t36-,37+,38-,41+,42+,50-,51+,52+,53-,54-/m1/s1. The summed E-state index contributed by atoms with van der Waals surface area (Å²) in [5.74, 6) is -0.537. The molecule has 6 aliphatic carbocycles. The van der Waals surface area contributed by atoms with E-state index in [1.807, 2.05) is 13.8 Å². The van der Waals surface area contributed by atoms with Gasteiger partial charge in [-0.3, -0.25) is 24.1 Å². The molecule has 7 aliphatic rings. The minimum Gasteiger partial charge on any atom is -0.491 e. The highest BCUT2D eigenvalue weighted by Gasteiger charge is 2.74. The largest absolute Gasteiger partial charge is 0.491 e. The van der Waals surface area contributed by atoms with Gasteiger partial charge in [-0.05, 0) is 159 Å². The highest BCUT2D eigenvalue weighted by Crippen LogP contribution is 2.81.